The van der Waals surface area contributed by atoms with Gasteiger partial charge < -0.3 is 0 Å². The molecular formula is C9H6ClFN2OS. The van der Waals surface area contributed by atoms with Crippen LogP contribution in [0.15, 0.2) is 18.2 Å². The van der Waals surface area contributed by atoms with Gasteiger partial charge in [-0.2, -0.15) is 0 Å². The van der Waals surface area contributed by atoms with Crippen molar-refractivity contribution in [3.05, 3.63) is 33.9 Å². The van der Waals surface area contributed by atoms with Gasteiger partial charge in [0.25, 0.3) is 5.91 Å². The molecule has 15 heavy (non-hydrogen) atoms. The number of nitrogens with one attached hydrogen (secondary N) is 1. The van der Waals surface area contributed by atoms with Gasteiger partial charge in [0, 0.05) is 10.1 Å². The molecule has 0 aliphatic carbocycles. The number of thiophene rings is 1. The van der Waals surface area contributed by atoms with Crippen molar-refractivity contribution in [2.45, 2.75) is 0 Å². The summed E-state index contributed by atoms with van der Waals surface area (Å²) in [5.41, 5.74) is 1.97. The van der Waals surface area contributed by atoms with Gasteiger partial charge in [-0.3, -0.25) is 10.2 Å². The van der Waals surface area contributed by atoms with Crippen LogP contribution in [0.4, 0.5) is 4.39 Å². The molecule has 1 aromatic heterocycles. The van der Waals surface area contributed by atoms with E-state index in [9.17, 15) is 9.18 Å². The molecule has 3 nitrogen and oxygen atoms in total. The Kier molecular flexibility index (Phi) is 2.60. The molecule has 1 amide bonds. The Bertz CT molecular complexity index is 540. The van der Waals surface area contributed by atoms with Crippen LogP contribution >= 0.6 is 22.9 Å². The fraction of sp³-hybridized carbons (Fsp3) is 0. The van der Waals surface area contributed by atoms with Gasteiger partial charge in [0.1, 0.15) is 10.7 Å². The first-order valence-electron chi connectivity index (χ1n) is 4.02. The monoisotopic (exact) mass is 244 g/mol. The van der Waals surface area contributed by atoms with Gasteiger partial charge in [0.2, 0.25) is 0 Å². The van der Waals surface area contributed by atoms with Crippen molar-refractivity contribution >= 4 is 38.9 Å². The van der Waals surface area contributed by atoms with Crippen molar-refractivity contribution in [2.75, 3.05) is 0 Å². The molecule has 0 atom stereocenters. The van der Waals surface area contributed by atoms with E-state index in [0.717, 1.165) is 11.3 Å². The highest BCUT2D eigenvalue weighted by atomic mass is 35.5. The third-order valence-electron chi connectivity index (χ3n) is 1.94. The van der Waals surface area contributed by atoms with Crippen LogP contribution in [-0.2, 0) is 0 Å². The highest BCUT2D eigenvalue weighted by Crippen LogP contribution is 2.36. The van der Waals surface area contributed by atoms with E-state index < -0.39 is 11.7 Å². The largest absolute Gasteiger partial charge is 0.289 e. The van der Waals surface area contributed by atoms with Crippen LogP contribution in [0.2, 0.25) is 5.02 Å². The topological polar surface area (TPSA) is 55.1 Å². The van der Waals surface area contributed by atoms with Gasteiger partial charge in [-0.15, -0.1) is 11.3 Å². The maximum atomic E-state index is 13.4. The zero-order valence-corrected chi connectivity index (χ0v) is 8.95. The number of hydrazine groups is 1. The van der Waals surface area contributed by atoms with E-state index in [1.165, 1.54) is 6.07 Å². The minimum Gasteiger partial charge on any atom is -0.289 e. The molecule has 0 aliphatic heterocycles. The number of amides is 1. The van der Waals surface area contributed by atoms with Crippen molar-refractivity contribution in [1.29, 1.82) is 0 Å². The average molecular weight is 245 g/mol. The summed E-state index contributed by atoms with van der Waals surface area (Å²) in [7, 11) is 0. The van der Waals surface area contributed by atoms with Crippen molar-refractivity contribution in [1.82, 2.24) is 5.43 Å². The third-order valence-corrected chi connectivity index (χ3v) is 3.59. The third kappa shape index (κ3) is 1.58. The number of nitrogen functional groups attached to an aromatic ring is 1. The molecule has 0 aliphatic rings. The normalized spacial score (nSPS) is 10.6. The van der Waals surface area contributed by atoms with Crippen molar-refractivity contribution in [3.63, 3.8) is 0 Å². The van der Waals surface area contributed by atoms with Crippen molar-refractivity contribution in [3.8, 4) is 0 Å². The summed E-state index contributed by atoms with van der Waals surface area (Å²) < 4.78 is 14.0. The highest BCUT2D eigenvalue weighted by molar-refractivity contribution is 7.21. The zero-order chi connectivity index (χ0) is 11.0. The van der Waals surface area contributed by atoms with Crippen LogP contribution < -0.4 is 11.3 Å². The molecule has 3 N–H and O–H groups in total. The summed E-state index contributed by atoms with van der Waals surface area (Å²) in [6, 6.07) is 4.56. The number of fused-ring (bicyclic) bond motifs is 1. The number of benzene rings is 1. The zero-order valence-electron chi connectivity index (χ0n) is 7.38. The van der Waals surface area contributed by atoms with Crippen LogP contribution in [0, 0.1) is 5.82 Å². The van der Waals surface area contributed by atoms with Crippen LogP contribution in [-0.4, -0.2) is 5.91 Å². The number of rotatable bonds is 1. The Morgan fingerprint density at radius 2 is 2.27 bits per heavy atom. The second-order valence-electron chi connectivity index (χ2n) is 2.83. The predicted molar refractivity (Wildman–Crippen MR) is 58.4 cm³/mol. The standard InChI is InChI=1S/C9H6ClFN2OS/c10-7-6-4(11)2-1-3-5(6)15-8(7)9(14)13-12/h1-3H,12H2,(H,13,14). The van der Waals surface area contributed by atoms with E-state index >= 15 is 0 Å². The summed E-state index contributed by atoms with van der Waals surface area (Å²) in [6.45, 7) is 0. The fourth-order valence-electron chi connectivity index (χ4n) is 1.28. The number of hydrogen-bond donors (Lipinski definition) is 2. The molecule has 1 heterocycles. The first kappa shape index (κ1) is 10.4. The van der Waals surface area contributed by atoms with E-state index in [4.69, 9.17) is 17.4 Å². The van der Waals surface area contributed by atoms with Crippen molar-refractivity contribution < 1.29 is 9.18 Å². The number of carbonyl (C=O) groups excluding carboxylic acids is 1. The number of nitrogens with two attached hydrogens (primary N) is 1. The smallest absolute Gasteiger partial charge is 0.276 e. The lowest BCUT2D eigenvalue weighted by atomic mass is 10.2. The summed E-state index contributed by atoms with van der Waals surface area (Å²) in [5, 5.41) is 0.374. The Hall–Kier alpha value is -1.17. The molecule has 0 saturated heterocycles. The van der Waals surface area contributed by atoms with Gasteiger partial charge in [0.15, 0.2) is 0 Å². The maximum Gasteiger partial charge on any atom is 0.276 e. The second-order valence-corrected chi connectivity index (χ2v) is 4.26. The van der Waals surface area contributed by atoms with Gasteiger partial charge in [-0.05, 0) is 12.1 Å². The molecule has 0 spiro atoms. The van der Waals surface area contributed by atoms with Crippen LogP contribution in [0.25, 0.3) is 10.1 Å². The lowest BCUT2D eigenvalue weighted by Gasteiger charge is -1.95. The molecule has 0 saturated carbocycles. The fourth-order valence-corrected chi connectivity index (χ4v) is 2.74. The lowest BCUT2D eigenvalue weighted by Crippen LogP contribution is -2.29. The summed E-state index contributed by atoms with van der Waals surface area (Å²) in [6.07, 6.45) is 0. The molecule has 0 radical (unpaired) electrons. The average Bonchev–Trinajstić information content (AvgIpc) is 2.56. The molecular weight excluding hydrogens is 239 g/mol. The molecule has 1 aromatic carbocycles. The van der Waals surface area contributed by atoms with E-state index in [1.807, 2.05) is 5.43 Å². The van der Waals surface area contributed by atoms with E-state index in [2.05, 4.69) is 0 Å². The van der Waals surface area contributed by atoms with Gasteiger partial charge in [0.05, 0.1) is 5.02 Å². The van der Waals surface area contributed by atoms with Crippen LogP contribution in [0.3, 0.4) is 0 Å². The Morgan fingerprint density at radius 1 is 1.53 bits per heavy atom. The Labute approximate surface area is 93.6 Å². The minimum atomic E-state index is -0.513. The molecule has 0 unspecified atom stereocenters. The second kappa shape index (κ2) is 3.77. The van der Waals surface area contributed by atoms with Gasteiger partial charge >= 0.3 is 0 Å². The molecule has 2 aromatic rings. The quantitative estimate of drug-likeness (QED) is 0.459. The van der Waals surface area contributed by atoms with Crippen LogP contribution in [0.5, 0.6) is 0 Å². The van der Waals surface area contributed by atoms with E-state index in [1.54, 1.807) is 12.1 Å². The first-order chi connectivity index (χ1) is 7.15. The SMILES string of the molecule is NNC(=O)c1sc2cccc(F)c2c1Cl. The number of hydrogen-bond acceptors (Lipinski definition) is 3. The highest BCUT2D eigenvalue weighted by Gasteiger charge is 2.18. The molecule has 78 valence electrons. The molecule has 0 fully saturated rings. The molecule has 2 rings (SSSR count). The van der Waals surface area contributed by atoms with Gasteiger partial charge in [-0.1, -0.05) is 17.7 Å². The first-order valence-corrected chi connectivity index (χ1v) is 5.22. The lowest BCUT2D eigenvalue weighted by molar-refractivity contribution is 0.0958. The molecule has 0 bridgehead atoms. The predicted octanol–water partition coefficient (Wildman–Crippen LogP) is 2.30. The Balaban J connectivity index is 2.75. The molecule has 6 heteroatoms. The van der Waals surface area contributed by atoms with E-state index in [-0.39, 0.29) is 15.3 Å². The minimum absolute atomic E-state index is 0.107. The Morgan fingerprint density at radius 3 is 2.87 bits per heavy atom. The number of carbonyl (C=O) groups is 1. The maximum absolute atomic E-state index is 13.4. The summed E-state index contributed by atoms with van der Waals surface area (Å²) >= 11 is 7.00. The summed E-state index contributed by atoms with van der Waals surface area (Å²) in [4.78, 5) is 11.5. The number of halogens is 2. The van der Waals surface area contributed by atoms with Gasteiger partial charge in [-0.25, -0.2) is 10.2 Å². The van der Waals surface area contributed by atoms with Crippen LogP contribution in [0.1, 0.15) is 9.67 Å². The summed E-state index contributed by atoms with van der Waals surface area (Å²) in [5.74, 6) is 4.03. The van der Waals surface area contributed by atoms with Crippen molar-refractivity contribution in [2.24, 2.45) is 5.84 Å². The van der Waals surface area contributed by atoms with E-state index in [0.29, 0.717) is 4.70 Å².